The first-order valence-corrected chi connectivity index (χ1v) is 8.21. The van der Waals surface area contributed by atoms with Crippen LogP contribution in [0.3, 0.4) is 0 Å². The lowest BCUT2D eigenvalue weighted by molar-refractivity contribution is 0.0888. The van der Waals surface area contributed by atoms with Gasteiger partial charge in [-0.25, -0.2) is 4.98 Å². The minimum Gasteiger partial charge on any atom is -0.508 e. The SMILES string of the molecule is OCC(O)c1c(-c2cccc(O)c2)c(O)c(O)n1CCCn1ccnc1. The number of benzene rings is 1. The third kappa shape index (κ3) is 3.37. The zero-order valence-electron chi connectivity index (χ0n) is 14.0. The number of hydrogen-bond acceptors (Lipinski definition) is 6. The lowest BCUT2D eigenvalue weighted by Gasteiger charge is -2.15. The van der Waals surface area contributed by atoms with Gasteiger partial charge in [0.1, 0.15) is 11.9 Å². The summed E-state index contributed by atoms with van der Waals surface area (Å²) in [5.74, 6) is -0.809. The van der Waals surface area contributed by atoms with Crippen LogP contribution in [-0.4, -0.2) is 46.3 Å². The fourth-order valence-corrected chi connectivity index (χ4v) is 3.05. The Morgan fingerprint density at radius 2 is 1.92 bits per heavy atom. The summed E-state index contributed by atoms with van der Waals surface area (Å²) in [7, 11) is 0. The highest BCUT2D eigenvalue weighted by Crippen LogP contribution is 2.45. The van der Waals surface area contributed by atoms with Gasteiger partial charge in [-0.3, -0.25) is 0 Å². The zero-order chi connectivity index (χ0) is 18.7. The van der Waals surface area contributed by atoms with E-state index in [9.17, 15) is 25.5 Å². The summed E-state index contributed by atoms with van der Waals surface area (Å²) in [6.45, 7) is 0.369. The molecule has 0 bridgehead atoms. The van der Waals surface area contributed by atoms with E-state index in [0.29, 0.717) is 25.1 Å². The van der Waals surface area contributed by atoms with E-state index < -0.39 is 24.3 Å². The summed E-state index contributed by atoms with van der Waals surface area (Å²) in [5, 5.41) is 50.2. The number of nitrogens with zero attached hydrogens (tertiary/aromatic N) is 3. The number of aryl methyl sites for hydroxylation is 1. The van der Waals surface area contributed by atoms with Crippen LogP contribution < -0.4 is 0 Å². The Morgan fingerprint density at radius 1 is 1.12 bits per heavy atom. The highest BCUT2D eigenvalue weighted by atomic mass is 16.3. The maximum Gasteiger partial charge on any atom is 0.235 e. The van der Waals surface area contributed by atoms with E-state index in [2.05, 4.69) is 4.98 Å². The summed E-state index contributed by atoms with van der Waals surface area (Å²) in [5.41, 5.74) is 0.801. The second-order valence-corrected chi connectivity index (χ2v) is 5.99. The molecule has 0 aliphatic heterocycles. The lowest BCUT2D eigenvalue weighted by Crippen LogP contribution is -2.13. The van der Waals surface area contributed by atoms with Crippen LogP contribution in [0.4, 0.5) is 0 Å². The van der Waals surface area contributed by atoms with Crippen molar-refractivity contribution in [2.45, 2.75) is 25.6 Å². The number of aliphatic hydroxyl groups is 2. The number of hydrogen-bond donors (Lipinski definition) is 5. The van der Waals surface area contributed by atoms with Gasteiger partial charge in [0.05, 0.1) is 24.2 Å². The van der Waals surface area contributed by atoms with Gasteiger partial charge in [0, 0.05) is 25.5 Å². The van der Waals surface area contributed by atoms with Gasteiger partial charge in [-0.05, 0) is 24.1 Å². The number of rotatable bonds is 7. The predicted molar refractivity (Wildman–Crippen MR) is 93.8 cm³/mol. The van der Waals surface area contributed by atoms with Crippen molar-refractivity contribution < 1.29 is 25.5 Å². The molecular weight excluding hydrogens is 338 g/mol. The number of phenols is 1. The molecule has 2 aromatic heterocycles. The molecule has 0 amide bonds. The Hall–Kier alpha value is -2.97. The third-order valence-electron chi connectivity index (χ3n) is 4.23. The maximum atomic E-state index is 10.4. The van der Waals surface area contributed by atoms with Crippen molar-refractivity contribution in [3.63, 3.8) is 0 Å². The highest BCUT2D eigenvalue weighted by molar-refractivity contribution is 5.77. The molecule has 0 saturated heterocycles. The third-order valence-corrected chi connectivity index (χ3v) is 4.23. The van der Waals surface area contributed by atoms with Crippen LogP contribution in [0, 0.1) is 0 Å². The average molecular weight is 359 g/mol. The van der Waals surface area contributed by atoms with Crippen molar-refractivity contribution in [1.29, 1.82) is 0 Å². The quantitative estimate of drug-likeness (QED) is 0.436. The van der Waals surface area contributed by atoms with Crippen LogP contribution in [0.2, 0.25) is 0 Å². The van der Waals surface area contributed by atoms with E-state index in [1.54, 1.807) is 24.7 Å². The molecule has 138 valence electrons. The van der Waals surface area contributed by atoms with Gasteiger partial charge in [-0.1, -0.05) is 12.1 Å². The van der Waals surface area contributed by atoms with Crippen LogP contribution in [0.5, 0.6) is 17.4 Å². The van der Waals surface area contributed by atoms with E-state index in [0.717, 1.165) is 0 Å². The van der Waals surface area contributed by atoms with Gasteiger partial charge in [-0.2, -0.15) is 0 Å². The number of imidazole rings is 1. The number of phenolic OH excluding ortho intramolecular Hbond substituents is 1. The van der Waals surface area contributed by atoms with Gasteiger partial charge in [-0.15, -0.1) is 0 Å². The van der Waals surface area contributed by atoms with Crippen LogP contribution in [0.25, 0.3) is 11.1 Å². The first-order valence-electron chi connectivity index (χ1n) is 8.21. The molecule has 0 spiro atoms. The molecule has 0 aliphatic rings. The Morgan fingerprint density at radius 3 is 2.58 bits per heavy atom. The van der Waals surface area contributed by atoms with Crippen molar-refractivity contribution in [3.05, 3.63) is 48.7 Å². The molecule has 1 aromatic carbocycles. The first-order chi connectivity index (χ1) is 12.5. The fourth-order valence-electron chi connectivity index (χ4n) is 3.05. The van der Waals surface area contributed by atoms with Crippen LogP contribution in [-0.2, 0) is 13.1 Å². The van der Waals surface area contributed by atoms with Crippen molar-refractivity contribution in [2.75, 3.05) is 6.61 Å². The Bertz CT molecular complexity index is 873. The molecular formula is C18H21N3O5. The van der Waals surface area contributed by atoms with Gasteiger partial charge in [0.15, 0.2) is 5.75 Å². The molecule has 8 heteroatoms. The van der Waals surface area contributed by atoms with Crippen molar-refractivity contribution >= 4 is 0 Å². The second-order valence-electron chi connectivity index (χ2n) is 5.99. The highest BCUT2D eigenvalue weighted by Gasteiger charge is 2.27. The van der Waals surface area contributed by atoms with Gasteiger partial charge in [0.2, 0.25) is 5.88 Å². The monoisotopic (exact) mass is 359 g/mol. The molecule has 1 atom stereocenters. The van der Waals surface area contributed by atoms with Crippen molar-refractivity contribution in [3.8, 4) is 28.5 Å². The fraction of sp³-hybridized carbons (Fsp3) is 0.278. The molecule has 0 aliphatic carbocycles. The number of aromatic nitrogens is 3. The van der Waals surface area contributed by atoms with Crippen LogP contribution >= 0.6 is 0 Å². The van der Waals surface area contributed by atoms with Crippen LogP contribution in [0.15, 0.2) is 43.0 Å². The van der Waals surface area contributed by atoms with Crippen LogP contribution in [0.1, 0.15) is 18.2 Å². The van der Waals surface area contributed by atoms with Crippen molar-refractivity contribution in [2.24, 2.45) is 0 Å². The standard InChI is InChI=1S/C18H21N3O5/c22-10-14(24)16-15(12-3-1-4-13(23)9-12)17(25)18(26)21(16)7-2-6-20-8-5-19-11-20/h1,3-5,8-9,11,14,22-26H,2,6-7,10H2. The Labute approximate surface area is 149 Å². The predicted octanol–water partition coefficient (Wildman–Crippen LogP) is 1.58. The second kappa shape index (κ2) is 7.51. The molecule has 3 rings (SSSR count). The first kappa shape index (κ1) is 17.8. The Balaban J connectivity index is 1.99. The maximum absolute atomic E-state index is 10.4. The largest absolute Gasteiger partial charge is 0.508 e. The lowest BCUT2D eigenvalue weighted by atomic mass is 10.0. The number of aromatic hydroxyl groups is 3. The molecule has 8 nitrogen and oxygen atoms in total. The summed E-state index contributed by atoms with van der Waals surface area (Å²) in [6.07, 6.45) is 4.46. The van der Waals surface area contributed by atoms with E-state index in [4.69, 9.17) is 0 Å². The molecule has 2 heterocycles. The topological polar surface area (TPSA) is 124 Å². The minimum atomic E-state index is -1.30. The summed E-state index contributed by atoms with van der Waals surface area (Å²) in [4.78, 5) is 3.96. The number of aliphatic hydroxyl groups excluding tert-OH is 2. The van der Waals surface area contributed by atoms with E-state index in [1.807, 2.05) is 10.8 Å². The zero-order valence-corrected chi connectivity index (χ0v) is 14.0. The van der Waals surface area contributed by atoms with E-state index in [1.165, 1.54) is 16.7 Å². The molecule has 26 heavy (non-hydrogen) atoms. The summed E-state index contributed by atoms with van der Waals surface area (Å²) in [6, 6.07) is 6.12. The minimum absolute atomic E-state index is 0.0151. The normalized spacial score (nSPS) is 12.4. The summed E-state index contributed by atoms with van der Waals surface area (Å²) < 4.78 is 3.26. The molecule has 0 radical (unpaired) electrons. The van der Waals surface area contributed by atoms with Gasteiger partial charge >= 0.3 is 0 Å². The molecule has 3 aromatic rings. The molecule has 5 N–H and O–H groups in total. The molecule has 0 fully saturated rings. The van der Waals surface area contributed by atoms with E-state index in [-0.39, 0.29) is 17.0 Å². The molecule has 1 unspecified atom stereocenters. The van der Waals surface area contributed by atoms with Gasteiger partial charge in [0.25, 0.3) is 0 Å². The Kier molecular flexibility index (Phi) is 5.15. The van der Waals surface area contributed by atoms with Crippen molar-refractivity contribution in [1.82, 2.24) is 14.1 Å². The smallest absolute Gasteiger partial charge is 0.235 e. The van der Waals surface area contributed by atoms with Gasteiger partial charge < -0.3 is 34.7 Å². The molecule has 0 saturated carbocycles. The van der Waals surface area contributed by atoms with E-state index >= 15 is 0 Å². The summed E-state index contributed by atoms with van der Waals surface area (Å²) >= 11 is 0. The average Bonchev–Trinajstić information content (AvgIpc) is 3.23.